The van der Waals surface area contributed by atoms with E-state index < -0.39 is 17.9 Å². The lowest BCUT2D eigenvalue weighted by Gasteiger charge is -2.22. The van der Waals surface area contributed by atoms with Crippen LogP contribution in [0.15, 0.2) is 48.5 Å². The lowest BCUT2D eigenvalue weighted by atomic mass is 9.97. The molecule has 0 aromatic heterocycles. The molecule has 246 valence electrons. The lowest BCUT2D eigenvalue weighted by Crippen LogP contribution is -2.41. The summed E-state index contributed by atoms with van der Waals surface area (Å²) in [4.78, 5) is 50.7. The molecular formula is C33H46N4O8. The van der Waals surface area contributed by atoms with Gasteiger partial charge in [-0.3, -0.25) is 19.2 Å². The van der Waals surface area contributed by atoms with Crippen molar-refractivity contribution in [1.82, 2.24) is 20.9 Å². The summed E-state index contributed by atoms with van der Waals surface area (Å²) in [5.74, 6) is -3.32. The van der Waals surface area contributed by atoms with Gasteiger partial charge in [0.15, 0.2) is 0 Å². The van der Waals surface area contributed by atoms with Gasteiger partial charge < -0.3 is 40.2 Å². The average molecular weight is 627 g/mol. The highest BCUT2D eigenvalue weighted by molar-refractivity contribution is 5.81. The molecule has 12 heteroatoms. The molecular weight excluding hydrogens is 580 g/mol. The number of esters is 1. The lowest BCUT2D eigenvalue weighted by molar-refractivity contribution is -0.152. The van der Waals surface area contributed by atoms with Crippen molar-refractivity contribution in [3.05, 3.63) is 59.7 Å². The Morgan fingerprint density at radius 3 is 2.04 bits per heavy atom. The summed E-state index contributed by atoms with van der Waals surface area (Å²) in [7, 11) is 3.67. The van der Waals surface area contributed by atoms with E-state index in [1.807, 2.05) is 62.6 Å². The minimum atomic E-state index is -1.15. The number of ether oxygens (including phenoxy) is 3. The topological polar surface area (TPSA) is 156 Å². The fourth-order valence-corrected chi connectivity index (χ4v) is 5.17. The van der Waals surface area contributed by atoms with Crippen LogP contribution in [0.3, 0.4) is 0 Å². The monoisotopic (exact) mass is 626 g/mol. The molecule has 2 amide bonds. The Balaban J connectivity index is 1.29. The summed E-state index contributed by atoms with van der Waals surface area (Å²) in [6, 6.07) is 16.0. The quantitative estimate of drug-likeness (QED) is 0.112. The number of nitrogens with zero attached hydrogens (tertiary/aromatic N) is 1. The van der Waals surface area contributed by atoms with E-state index in [0.29, 0.717) is 26.2 Å². The van der Waals surface area contributed by atoms with Crippen molar-refractivity contribution in [2.45, 2.75) is 25.2 Å². The highest BCUT2D eigenvalue weighted by atomic mass is 16.5. The van der Waals surface area contributed by atoms with Crippen LogP contribution in [-0.2, 0) is 33.4 Å². The number of carboxylic acid groups (broad SMARTS) is 1. The van der Waals surface area contributed by atoms with Crippen LogP contribution in [0.4, 0.5) is 0 Å². The second-order valence-electron chi connectivity index (χ2n) is 10.8. The number of carbonyl (C=O) groups is 4. The van der Waals surface area contributed by atoms with E-state index in [-0.39, 0.29) is 76.6 Å². The second kappa shape index (κ2) is 19.5. The summed E-state index contributed by atoms with van der Waals surface area (Å²) >= 11 is 0. The van der Waals surface area contributed by atoms with Crippen LogP contribution in [0.25, 0.3) is 11.1 Å². The molecule has 0 saturated heterocycles. The molecule has 2 aromatic rings. The van der Waals surface area contributed by atoms with Gasteiger partial charge in [0.05, 0.1) is 32.2 Å². The zero-order valence-electron chi connectivity index (χ0n) is 26.2. The van der Waals surface area contributed by atoms with Crippen LogP contribution in [0, 0.1) is 5.92 Å². The van der Waals surface area contributed by atoms with Gasteiger partial charge in [0, 0.05) is 45.1 Å². The second-order valence-corrected chi connectivity index (χ2v) is 10.8. The third-order valence-corrected chi connectivity index (χ3v) is 7.64. The van der Waals surface area contributed by atoms with Crippen LogP contribution in [0.5, 0.6) is 0 Å². The van der Waals surface area contributed by atoms with Gasteiger partial charge in [0.1, 0.15) is 13.2 Å². The Morgan fingerprint density at radius 2 is 1.44 bits per heavy atom. The molecule has 0 fully saturated rings. The highest BCUT2D eigenvalue weighted by Gasteiger charge is 2.30. The van der Waals surface area contributed by atoms with Gasteiger partial charge in [-0.15, -0.1) is 0 Å². The molecule has 2 aromatic carbocycles. The van der Waals surface area contributed by atoms with Crippen molar-refractivity contribution in [3.63, 3.8) is 0 Å². The molecule has 0 spiro atoms. The Morgan fingerprint density at radius 1 is 0.844 bits per heavy atom. The average Bonchev–Trinajstić information content (AvgIpc) is 3.36. The number of carboxylic acids is 1. The van der Waals surface area contributed by atoms with Gasteiger partial charge in [0.25, 0.3) is 0 Å². The van der Waals surface area contributed by atoms with Gasteiger partial charge in [0.2, 0.25) is 11.8 Å². The standard InChI is InChI=1S/C33H46N4O8/c1-34-13-16-37(17-14-35-2)31(39)23-44-20-19-43-18-15-36-30(38)12-11-24(33(41)42)21-32(40)45-22-29-27-9-5-3-7-25(27)26-8-4-6-10-28(26)29/h3-10,24,29,34-35H,11-23H2,1-2H3,(H,36,38)(H,41,42)/t24-/m0/s1. The molecule has 0 heterocycles. The third-order valence-electron chi connectivity index (χ3n) is 7.64. The first-order valence-corrected chi connectivity index (χ1v) is 15.4. The van der Waals surface area contributed by atoms with Crippen molar-refractivity contribution < 1.29 is 38.5 Å². The number of rotatable bonds is 22. The number of fused-ring (bicyclic) bond motifs is 3. The van der Waals surface area contributed by atoms with Gasteiger partial charge in [-0.05, 0) is 42.8 Å². The summed E-state index contributed by atoms with van der Waals surface area (Å²) < 4.78 is 16.4. The summed E-state index contributed by atoms with van der Waals surface area (Å²) in [5, 5.41) is 18.4. The largest absolute Gasteiger partial charge is 0.481 e. The maximum Gasteiger partial charge on any atom is 0.307 e. The number of carbonyl (C=O) groups excluding carboxylic acids is 3. The van der Waals surface area contributed by atoms with E-state index >= 15 is 0 Å². The van der Waals surface area contributed by atoms with Crippen molar-refractivity contribution >= 4 is 23.8 Å². The highest BCUT2D eigenvalue weighted by Crippen LogP contribution is 2.44. The molecule has 0 unspecified atom stereocenters. The van der Waals surface area contributed by atoms with Crippen LogP contribution >= 0.6 is 0 Å². The first kappa shape index (κ1) is 35.6. The number of benzene rings is 2. The summed E-state index contributed by atoms with van der Waals surface area (Å²) in [6.07, 6.45) is -0.350. The molecule has 1 atom stereocenters. The summed E-state index contributed by atoms with van der Waals surface area (Å²) in [5.41, 5.74) is 4.37. The van der Waals surface area contributed by atoms with E-state index in [4.69, 9.17) is 14.2 Å². The smallest absolute Gasteiger partial charge is 0.307 e. The zero-order valence-corrected chi connectivity index (χ0v) is 26.2. The predicted octanol–water partition coefficient (Wildman–Crippen LogP) is 1.63. The normalized spacial score (nSPS) is 12.7. The zero-order chi connectivity index (χ0) is 32.4. The minimum Gasteiger partial charge on any atom is -0.481 e. The third kappa shape index (κ3) is 11.5. The molecule has 0 aliphatic heterocycles. The molecule has 45 heavy (non-hydrogen) atoms. The van der Waals surface area contributed by atoms with E-state index in [1.54, 1.807) is 4.90 Å². The molecule has 4 N–H and O–H groups in total. The number of hydrogen-bond donors (Lipinski definition) is 4. The Labute approximate surface area is 264 Å². The number of likely N-dealkylation sites (N-methyl/N-ethyl adjacent to an activating group) is 2. The van der Waals surface area contributed by atoms with Crippen LogP contribution in [-0.4, -0.2) is 114 Å². The number of nitrogens with one attached hydrogen (secondary N) is 3. The van der Waals surface area contributed by atoms with E-state index in [0.717, 1.165) is 22.3 Å². The van der Waals surface area contributed by atoms with Gasteiger partial charge in [-0.1, -0.05) is 48.5 Å². The fraction of sp³-hybridized carbons (Fsp3) is 0.515. The summed E-state index contributed by atoms with van der Waals surface area (Å²) in [6.45, 7) is 3.64. The SMILES string of the molecule is CNCCN(CCNC)C(=O)COCCOCCNC(=O)CC[C@@H](CC(=O)OCC1c2ccccc2-c2ccccc21)C(=O)O. The number of hydrogen-bond acceptors (Lipinski definition) is 9. The van der Waals surface area contributed by atoms with Gasteiger partial charge in [-0.2, -0.15) is 0 Å². The van der Waals surface area contributed by atoms with Gasteiger partial charge in [-0.25, -0.2) is 0 Å². The molecule has 1 aliphatic carbocycles. The van der Waals surface area contributed by atoms with Gasteiger partial charge >= 0.3 is 11.9 Å². The van der Waals surface area contributed by atoms with Crippen molar-refractivity contribution in [1.29, 1.82) is 0 Å². The first-order chi connectivity index (χ1) is 21.8. The van der Waals surface area contributed by atoms with Crippen LogP contribution in [0.2, 0.25) is 0 Å². The molecule has 0 bridgehead atoms. The van der Waals surface area contributed by atoms with E-state index in [2.05, 4.69) is 16.0 Å². The van der Waals surface area contributed by atoms with Crippen LogP contribution in [0.1, 0.15) is 36.3 Å². The molecule has 1 aliphatic rings. The molecule has 0 radical (unpaired) electrons. The molecule has 0 saturated carbocycles. The Bertz CT molecular complexity index is 1200. The molecule has 12 nitrogen and oxygen atoms in total. The van der Waals surface area contributed by atoms with Crippen molar-refractivity contribution in [2.75, 3.05) is 79.9 Å². The van der Waals surface area contributed by atoms with Crippen molar-refractivity contribution in [3.8, 4) is 11.1 Å². The maximum absolute atomic E-state index is 12.6. The maximum atomic E-state index is 12.6. The number of amides is 2. The minimum absolute atomic E-state index is 0.00768. The Kier molecular flexibility index (Phi) is 15.5. The predicted molar refractivity (Wildman–Crippen MR) is 169 cm³/mol. The Hall–Kier alpha value is -3.84. The van der Waals surface area contributed by atoms with E-state index in [9.17, 15) is 24.3 Å². The van der Waals surface area contributed by atoms with Crippen LogP contribution < -0.4 is 16.0 Å². The first-order valence-electron chi connectivity index (χ1n) is 15.4. The van der Waals surface area contributed by atoms with Crippen molar-refractivity contribution in [2.24, 2.45) is 5.92 Å². The number of aliphatic carboxylic acids is 1. The molecule has 3 rings (SSSR count). The van der Waals surface area contributed by atoms with E-state index in [1.165, 1.54) is 0 Å². The fourth-order valence-electron chi connectivity index (χ4n) is 5.17.